The zero-order chi connectivity index (χ0) is 14.8. The first-order chi connectivity index (χ1) is 9.44. The third-order valence-electron chi connectivity index (χ3n) is 2.79. The van der Waals surface area contributed by atoms with Crippen molar-refractivity contribution in [2.24, 2.45) is 0 Å². The highest BCUT2D eigenvalue weighted by Crippen LogP contribution is 2.25. The number of hydrogen-bond donors (Lipinski definition) is 2. The molecule has 20 heavy (non-hydrogen) atoms. The smallest absolute Gasteiger partial charge is 0.271 e. The molecule has 0 radical (unpaired) electrons. The molecule has 7 heteroatoms. The topological polar surface area (TPSA) is 58.2 Å². The molecule has 0 unspecified atom stereocenters. The molecule has 108 valence electrons. The SMILES string of the molecule is CNCc1csc(S(=O)(=O)Nc2cccc(F)c2C)c1. The summed E-state index contributed by atoms with van der Waals surface area (Å²) in [7, 11) is -1.88. The molecule has 0 saturated carbocycles. The van der Waals surface area contributed by atoms with E-state index in [0.29, 0.717) is 6.54 Å². The lowest BCUT2D eigenvalue weighted by Gasteiger charge is -2.09. The largest absolute Gasteiger partial charge is 0.316 e. The molecule has 4 nitrogen and oxygen atoms in total. The van der Waals surface area contributed by atoms with Crippen molar-refractivity contribution in [1.29, 1.82) is 0 Å². The fourth-order valence-corrected chi connectivity index (χ4v) is 4.04. The number of rotatable bonds is 5. The van der Waals surface area contributed by atoms with Gasteiger partial charge in [0.2, 0.25) is 0 Å². The lowest BCUT2D eigenvalue weighted by Crippen LogP contribution is -2.13. The van der Waals surface area contributed by atoms with Crippen molar-refractivity contribution in [3.8, 4) is 0 Å². The predicted octanol–water partition coefficient (Wildman–Crippen LogP) is 2.72. The van der Waals surface area contributed by atoms with Crippen molar-refractivity contribution in [1.82, 2.24) is 5.32 Å². The van der Waals surface area contributed by atoms with Gasteiger partial charge in [-0.15, -0.1) is 11.3 Å². The molecule has 0 amide bonds. The van der Waals surface area contributed by atoms with Crippen molar-refractivity contribution in [3.05, 3.63) is 46.6 Å². The highest BCUT2D eigenvalue weighted by Gasteiger charge is 2.18. The molecule has 0 fully saturated rings. The zero-order valence-electron chi connectivity index (χ0n) is 11.1. The Hall–Kier alpha value is -1.44. The quantitative estimate of drug-likeness (QED) is 0.892. The van der Waals surface area contributed by atoms with E-state index >= 15 is 0 Å². The number of benzene rings is 1. The summed E-state index contributed by atoms with van der Waals surface area (Å²) in [5.41, 5.74) is 1.44. The molecule has 2 rings (SSSR count). The van der Waals surface area contributed by atoms with Crippen LogP contribution in [0.15, 0.2) is 33.9 Å². The Labute approximate surface area is 121 Å². The highest BCUT2D eigenvalue weighted by molar-refractivity contribution is 7.94. The van der Waals surface area contributed by atoms with E-state index in [1.54, 1.807) is 18.5 Å². The Balaban J connectivity index is 2.28. The predicted molar refractivity (Wildman–Crippen MR) is 79.0 cm³/mol. The monoisotopic (exact) mass is 314 g/mol. The minimum atomic E-state index is -3.68. The Bertz CT molecular complexity index is 711. The molecule has 1 aromatic carbocycles. The molecule has 0 atom stereocenters. The molecule has 0 bridgehead atoms. The molecule has 0 spiro atoms. The number of nitrogens with one attached hydrogen (secondary N) is 2. The van der Waals surface area contributed by atoms with Crippen LogP contribution >= 0.6 is 11.3 Å². The second kappa shape index (κ2) is 5.90. The molecular formula is C13H15FN2O2S2. The van der Waals surface area contributed by atoms with E-state index < -0.39 is 15.8 Å². The zero-order valence-corrected chi connectivity index (χ0v) is 12.7. The summed E-state index contributed by atoms with van der Waals surface area (Å²) in [6.45, 7) is 2.14. The van der Waals surface area contributed by atoms with Crippen LogP contribution in [0.1, 0.15) is 11.1 Å². The number of hydrogen-bond acceptors (Lipinski definition) is 4. The summed E-state index contributed by atoms with van der Waals surface area (Å²) in [4.78, 5) is 0. The molecule has 2 aromatic rings. The molecule has 2 N–H and O–H groups in total. The van der Waals surface area contributed by atoms with Gasteiger partial charge in [-0.05, 0) is 43.1 Å². The average Bonchev–Trinajstić information content (AvgIpc) is 2.85. The van der Waals surface area contributed by atoms with Gasteiger partial charge in [0, 0.05) is 12.1 Å². The number of thiophene rings is 1. The van der Waals surface area contributed by atoms with Crippen molar-refractivity contribution in [3.63, 3.8) is 0 Å². The van der Waals surface area contributed by atoms with Gasteiger partial charge in [0.1, 0.15) is 10.0 Å². The van der Waals surface area contributed by atoms with E-state index in [9.17, 15) is 12.8 Å². The average molecular weight is 314 g/mol. The van der Waals surface area contributed by atoms with Gasteiger partial charge in [-0.2, -0.15) is 0 Å². The van der Waals surface area contributed by atoms with Gasteiger partial charge < -0.3 is 5.32 Å². The molecule has 0 aliphatic heterocycles. The fraction of sp³-hybridized carbons (Fsp3) is 0.231. The van der Waals surface area contributed by atoms with E-state index in [1.165, 1.54) is 25.1 Å². The van der Waals surface area contributed by atoms with E-state index in [0.717, 1.165) is 16.9 Å². The van der Waals surface area contributed by atoms with Crippen LogP contribution < -0.4 is 10.0 Å². The Morgan fingerprint density at radius 3 is 2.80 bits per heavy atom. The minimum Gasteiger partial charge on any atom is -0.316 e. The Morgan fingerprint density at radius 2 is 2.10 bits per heavy atom. The van der Waals surface area contributed by atoms with Gasteiger partial charge in [-0.25, -0.2) is 12.8 Å². The fourth-order valence-electron chi connectivity index (χ4n) is 1.70. The van der Waals surface area contributed by atoms with Crippen LogP contribution in [0, 0.1) is 12.7 Å². The van der Waals surface area contributed by atoms with Crippen LogP contribution in [-0.4, -0.2) is 15.5 Å². The number of halogens is 1. The van der Waals surface area contributed by atoms with Gasteiger partial charge >= 0.3 is 0 Å². The van der Waals surface area contributed by atoms with Crippen LogP contribution in [0.3, 0.4) is 0 Å². The van der Waals surface area contributed by atoms with Crippen molar-refractivity contribution >= 4 is 27.0 Å². The molecule has 0 aliphatic carbocycles. The Kier molecular flexibility index (Phi) is 4.42. The second-order valence-corrected chi connectivity index (χ2v) is 7.14. The van der Waals surface area contributed by atoms with Crippen molar-refractivity contribution in [2.75, 3.05) is 11.8 Å². The summed E-state index contributed by atoms with van der Waals surface area (Å²) < 4.78 is 40.5. The van der Waals surface area contributed by atoms with Crippen LogP contribution in [0.5, 0.6) is 0 Å². The van der Waals surface area contributed by atoms with Crippen LogP contribution in [0.4, 0.5) is 10.1 Å². The number of anilines is 1. The number of sulfonamides is 1. The third kappa shape index (κ3) is 3.17. The van der Waals surface area contributed by atoms with Crippen molar-refractivity contribution in [2.45, 2.75) is 17.7 Å². The second-order valence-electron chi connectivity index (χ2n) is 4.32. The van der Waals surface area contributed by atoms with Crippen molar-refractivity contribution < 1.29 is 12.8 Å². The maximum Gasteiger partial charge on any atom is 0.271 e. The first kappa shape index (κ1) is 15.0. The standard InChI is InChI=1S/C13H15FN2O2S2/c1-9-11(14)4-3-5-12(9)16-20(17,18)13-6-10(7-15-2)8-19-13/h3-6,8,15-16H,7H2,1-2H3. The lowest BCUT2D eigenvalue weighted by atomic mass is 10.2. The van der Waals surface area contributed by atoms with Gasteiger partial charge in [-0.3, -0.25) is 4.72 Å². The lowest BCUT2D eigenvalue weighted by molar-refractivity contribution is 0.602. The summed E-state index contributed by atoms with van der Waals surface area (Å²) in [6, 6.07) is 5.92. The molecule has 1 aromatic heterocycles. The van der Waals surface area contributed by atoms with E-state index in [4.69, 9.17) is 0 Å². The van der Waals surface area contributed by atoms with E-state index in [-0.39, 0.29) is 15.5 Å². The van der Waals surface area contributed by atoms with Gasteiger partial charge in [0.25, 0.3) is 10.0 Å². The van der Waals surface area contributed by atoms with Crippen LogP contribution in [0.25, 0.3) is 0 Å². The van der Waals surface area contributed by atoms with E-state index in [1.807, 2.05) is 0 Å². The summed E-state index contributed by atoms with van der Waals surface area (Å²) in [5.74, 6) is -0.438. The van der Waals surface area contributed by atoms with Gasteiger partial charge in [-0.1, -0.05) is 6.07 Å². The molecule has 1 heterocycles. The first-order valence-corrected chi connectivity index (χ1v) is 8.30. The van der Waals surface area contributed by atoms with Crippen LogP contribution in [0.2, 0.25) is 0 Å². The normalized spacial score (nSPS) is 11.6. The molecule has 0 saturated heterocycles. The van der Waals surface area contributed by atoms with E-state index in [2.05, 4.69) is 10.0 Å². The Morgan fingerprint density at radius 1 is 1.35 bits per heavy atom. The third-order valence-corrected chi connectivity index (χ3v) is 5.64. The summed E-state index contributed by atoms with van der Waals surface area (Å²) in [5, 5.41) is 4.74. The first-order valence-electron chi connectivity index (χ1n) is 5.94. The maximum atomic E-state index is 13.4. The maximum absolute atomic E-state index is 13.4. The summed E-state index contributed by atoms with van der Waals surface area (Å²) in [6.07, 6.45) is 0. The molecular weight excluding hydrogens is 299 g/mol. The summed E-state index contributed by atoms with van der Waals surface area (Å²) >= 11 is 1.14. The van der Waals surface area contributed by atoms with Gasteiger partial charge in [0.15, 0.2) is 0 Å². The minimum absolute atomic E-state index is 0.214. The highest BCUT2D eigenvalue weighted by atomic mass is 32.2. The molecule has 0 aliphatic rings. The van der Waals surface area contributed by atoms with Gasteiger partial charge in [0.05, 0.1) is 5.69 Å². The van der Waals surface area contributed by atoms with Crippen LogP contribution in [-0.2, 0) is 16.6 Å².